The van der Waals surface area contributed by atoms with Crippen molar-refractivity contribution in [2.45, 2.75) is 50.4 Å². The lowest BCUT2D eigenvalue weighted by Gasteiger charge is -2.13. The number of hydrogen-bond acceptors (Lipinski definition) is 4. The van der Waals surface area contributed by atoms with Crippen molar-refractivity contribution in [3.63, 3.8) is 0 Å². The highest BCUT2D eigenvalue weighted by molar-refractivity contribution is 7.91. The summed E-state index contributed by atoms with van der Waals surface area (Å²) in [5.41, 5.74) is 1.02. The van der Waals surface area contributed by atoms with Gasteiger partial charge in [0.2, 0.25) is 10.0 Å². The van der Waals surface area contributed by atoms with E-state index >= 15 is 0 Å². The normalized spacial score (nSPS) is 12.2. The van der Waals surface area contributed by atoms with Crippen LogP contribution in [-0.4, -0.2) is 21.0 Å². The van der Waals surface area contributed by atoms with Crippen LogP contribution in [0.4, 0.5) is 0 Å². The smallest absolute Gasteiger partial charge is 0.250 e. The van der Waals surface area contributed by atoms with Gasteiger partial charge in [-0.25, -0.2) is 13.1 Å². The molecular weight excluding hydrogens is 268 g/mol. The topological polar surface area (TPSA) is 58.2 Å². The van der Waals surface area contributed by atoms with E-state index in [0.717, 1.165) is 24.9 Å². The first-order valence-electron chi connectivity index (χ1n) is 6.33. The fraction of sp³-hybridized carbons (Fsp3) is 0.667. The van der Waals surface area contributed by atoms with Crippen LogP contribution < -0.4 is 10.0 Å². The zero-order chi connectivity index (χ0) is 13.6. The lowest BCUT2D eigenvalue weighted by molar-refractivity contribution is 0.531. The van der Waals surface area contributed by atoms with Gasteiger partial charge in [0.05, 0.1) is 0 Å². The van der Waals surface area contributed by atoms with E-state index in [1.165, 1.54) is 11.3 Å². The molecule has 4 nitrogen and oxygen atoms in total. The average Bonchev–Trinajstić information content (AvgIpc) is 2.83. The van der Waals surface area contributed by atoms with Gasteiger partial charge in [0, 0.05) is 12.6 Å². The molecule has 0 aliphatic carbocycles. The first kappa shape index (κ1) is 15.6. The zero-order valence-electron chi connectivity index (χ0n) is 11.2. The predicted molar refractivity (Wildman–Crippen MR) is 76.4 cm³/mol. The maximum absolute atomic E-state index is 12.1. The Morgan fingerprint density at radius 1 is 1.28 bits per heavy atom. The van der Waals surface area contributed by atoms with Crippen LogP contribution in [0, 0.1) is 0 Å². The molecule has 0 spiro atoms. The van der Waals surface area contributed by atoms with E-state index in [0.29, 0.717) is 10.8 Å². The van der Waals surface area contributed by atoms with Gasteiger partial charge in [-0.15, -0.1) is 11.3 Å². The van der Waals surface area contributed by atoms with E-state index in [1.807, 2.05) is 26.2 Å². The van der Waals surface area contributed by atoms with Crippen molar-refractivity contribution in [1.29, 1.82) is 0 Å². The number of sulfonamides is 1. The molecule has 1 rings (SSSR count). The fourth-order valence-electron chi connectivity index (χ4n) is 1.59. The first-order valence-corrected chi connectivity index (χ1v) is 8.70. The highest BCUT2D eigenvalue weighted by atomic mass is 32.2. The molecule has 6 heteroatoms. The maximum Gasteiger partial charge on any atom is 0.250 e. The zero-order valence-corrected chi connectivity index (χ0v) is 12.8. The molecule has 18 heavy (non-hydrogen) atoms. The minimum absolute atomic E-state index is 0.0225. The highest BCUT2D eigenvalue weighted by Gasteiger charge is 2.19. The summed E-state index contributed by atoms with van der Waals surface area (Å²) in [7, 11) is -3.35. The largest absolute Gasteiger partial charge is 0.313 e. The molecule has 0 unspecified atom stereocenters. The van der Waals surface area contributed by atoms with Crippen molar-refractivity contribution in [2.24, 2.45) is 0 Å². The molecular formula is C12H22N2O2S2. The van der Waals surface area contributed by atoms with Crippen molar-refractivity contribution in [3.05, 3.63) is 17.0 Å². The molecule has 0 aliphatic rings. The number of thiophene rings is 1. The molecule has 0 fully saturated rings. The molecule has 0 saturated carbocycles. The second-order valence-corrected chi connectivity index (χ2v) is 7.04. The molecule has 2 N–H and O–H groups in total. The third-order valence-corrected chi connectivity index (χ3v) is 5.79. The van der Waals surface area contributed by atoms with Crippen LogP contribution in [-0.2, 0) is 16.6 Å². The summed E-state index contributed by atoms with van der Waals surface area (Å²) in [6.45, 7) is 7.60. The van der Waals surface area contributed by atoms with E-state index in [-0.39, 0.29) is 6.04 Å². The van der Waals surface area contributed by atoms with Crippen LogP contribution in [0.15, 0.2) is 15.7 Å². The van der Waals surface area contributed by atoms with Crippen LogP contribution in [0.25, 0.3) is 0 Å². The van der Waals surface area contributed by atoms with Gasteiger partial charge in [-0.2, -0.15) is 0 Å². The van der Waals surface area contributed by atoms with E-state index < -0.39 is 10.0 Å². The summed E-state index contributed by atoms with van der Waals surface area (Å²) >= 11 is 1.28. The Bertz CT molecular complexity index is 450. The van der Waals surface area contributed by atoms with Crippen molar-refractivity contribution in [2.75, 3.05) is 6.54 Å². The van der Waals surface area contributed by atoms with Gasteiger partial charge in [-0.05, 0) is 36.4 Å². The SMILES string of the molecule is CCNCc1csc(S(=O)(=O)NC(CC)CC)c1. The van der Waals surface area contributed by atoms with Gasteiger partial charge < -0.3 is 5.32 Å². The minimum atomic E-state index is -3.35. The van der Waals surface area contributed by atoms with Crippen LogP contribution in [0.2, 0.25) is 0 Å². The van der Waals surface area contributed by atoms with Gasteiger partial charge in [-0.1, -0.05) is 20.8 Å². The predicted octanol–water partition coefficient (Wildman–Crippen LogP) is 2.32. The van der Waals surface area contributed by atoms with Crippen LogP contribution in [0.1, 0.15) is 39.2 Å². The van der Waals surface area contributed by atoms with Crippen molar-refractivity contribution in [3.8, 4) is 0 Å². The summed E-state index contributed by atoms with van der Waals surface area (Å²) < 4.78 is 27.4. The number of rotatable bonds is 8. The third kappa shape index (κ3) is 4.35. The maximum atomic E-state index is 12.1. The average molecular weight is 290 g/mol. The van der Waals surface area contributed by atoms with Crippen molar-refractivity contribution >= 4 is 21.4 Å². The Balaban J connectivity index is 2.75. The molecule has 0 aliphatic heterocycles. The van der Waals surface area contributed by atoms with E-state index in [1.54, 1.807) is 6.07 Å². The molecule has 104 valence electrons. The molecule has 0 atom stereocenters. The van der Waals surface area contributed by atoms with E-state index in [2.05, 4.69) is 10.0 Å². The Morgan fingerprint density at radius 3 is 2.50 bits per heavy atom. The summed E-state index contributed by atoms with van der Waals surface area (Å²) in [6.07, 6.45) is 1.62. The summed E-state index contributed by atoms with van der Waals surface area (Å²) in [6, 6.07) is 1.77. The molecule has 1 aromatic heterocycles. The molecule has 1 heterocycles. The van der Waals surface area contributed by atoms with Gasteiger partial charge in [0.25, 0.3) is 0 Å². The Hall–Kier alpha value is -0.430. The summed E-state index contributed by atoms with van der Waals surface area (Å²) in [4.78, 5) is 0. The summed E-state index contributed by atoms with van der Waals surface area (Å²) in [5, 5.41) is 5.08. The van der Waals surface area contributed by atoms with Gasteiger partial charge in [0.1, 0.15) is 4.21 Å². The van der Waals surface area contributed by atoms with Crippen molar-refractivity contribution in [1.82, 2.24) is 10.0 Å². The fourth-order valence-corrected chi connectivity index (χ4v) is 4.22. The lowest BCUT2D eigenvalue weighted by Crippen LogP contribution is -2.33. The van der Waals surface area contributed by atoms with Crippen molar-refractivity contribution < 1.29 is 8.42 Å². The Kier molecular flexibility index (Phi) is 6.28. The van der Waals surface area contributed by atoms with E-state index in [4.69, 9.17) is 0 Å². The van der Waals surface area contributed by atoms with Gasteiger partial charge >= 0.3 is 0 Å². The molecule has 0 saturated heterocycles. The van der Waals surface area contributed by atoms with E-state index in [9.17, 15) is 8.42 Å². The third-order valence-electron chi connectivity index (χ3n) is 2.78. The van der Waals surface area contributed by atoms with Crippen LogP contribution >= 0.6 is 11.3 Å². The Labute approximate surface area is 114 Å². The second-order valence-electron chi connectivity index (χ2n) is 4.19. The molecule has 1 aromatic rings. The van der Waals surface area contributed by atoms with Crippen LogP contribution in [0.3, 0.4) is 0 Å². The summed E-state index contributed by atoms with van der Waals surface area (Å²) in [5.74, 6) is 0. The minimum Gasteiger partial charge on any atom is -0.313 e. The van der Waals surface area contributed by atoms with Crippen LogP contribution in [0.5, 0.6) is 0 Å². The number of hydrogen-bond donors (Lipinski definition) is 2. The van der Waals surface area contributed by atoms with Gasteiger partial charge in [-0.3, -0.25) is 0 Å². The standard InChI is InChI=1S/C12H22N2O2S2/c1-4-11(5-2)14-18(15,16)12-7-10(9-17-12)8-13-6-3/h7,9,11,13-14H,4-6,8H2,1-3H3. The molecule has 0 bridgehead atoms. The quantitative estimate of drug-likeness (QED) is 0.772. The highest BCUT2D eigenvalue weighted by Crippen LogP contribution is 2.20. The molecule has 0 aromatic carbocycles. The number of nitrogens with one attached hydrogen (secondary N) is 2. The van der Waals surface area contributed by atoms with Gasteiger partial charge in [0.15, 0.2) is 0 Å². The molecule has 0 amide bonds. The monoisotopic (exact) mass is 290 g/mol. The Morgan fingerprint density at radius 2 is 1.94 bits per heavy atom. The molecule has 0 radical (unpaired) electrons. The lowest BCUT2D eigenvalue weighted by atomic mass is 10.2. The second kappa shape index (κ2) is 7.23. The first-order chi connectivity index (χ1) is 8.53.